The molecule has 1 aromatic heterocycles. The molecule has 0 fully saturated rings. The molecule has 0 amide bonds. The van der Waals surface area contributed by atoms with Crippen molar-refractivity contribution in [3.05, 3.63) is 23.7 Å². The molecule has 0 aliphatic heterocycles. The quantitative estimate of drug-likeness (QED) is 0.844. The molecule has 1 aromatic rings. The van der Waals surface area contributed by atoms with Crippen molar-refractivity contribution in [2.24, 2.45) is 5.92 Å². The zero-order chi connectivity index (χ0) is 13.1. The number of rotatable bonds is 6. The Bertz CT molecular complexity index is 484. The predicted molar refractivity (Wildman–Crippen MR) is 62.6 cm³/mol. The van der Waals surface area contributed by atoms with Gasteiger partial charge in [-0.2, -0.15) is 0 Å². The summed E-state index contributed by atoms with van der Waals surface area (Å²) in [4.78, 5) is 10.7. The van der Waals surface area contributed by atoms with Crippen molar-refractivity contribution in [2.75, 3.05) is 5.75 Å². The van der Waals surface area contributed by atoms with Crippen LogP contribution in [0.1, 0.15) is 36.4 Å². The molecule has 0 unspecified atom stereocenters. The lowest BCUT2D eigenvalue weighted by Crippen LogP contribution is -2.12. The normalized spacial score (nSPS) is 11.9. The van der Waals surface area contributed by atoms with E-state index in [-0.39, 0.29) is 22.8 Å². The maximum absolute atomic E-state index is 11.7. The third-order valence-corrected chi connectivity index (χ3v) is 3.93. The molecule has 17 heavy (non-hydrogen) atoms. The maximum atomic E-state index is 11.7. The summed E-state index contributed by atoms with van der Waals surface area (Å²) in [5.41, 5.74) is 0.209. The topological polar surface area (TPSA) is 84.6 Å². The van der Waals surface area contributed by atoms with E-state index in [2.05, 4.69) is 0 Å². The first kappa shape index (κ1) is 13.8. The van der Waals surface area contributed by atoms with Crippen LogP contribution in [0, 0.1) is 5.92 Å². The Kier molecular flexibility index (Phi) is 4.34. The average molecular weight is 260 g/mol. The zero-order valence-electron chi connectivity index (χ0n) is 9.84. The first-order valence-corrected chi connectivity index (χ1v) is 7.14. The van der Waals surface area contributed by atoms with Crippen molar-refractivity contribution in [3.8, 4) is 0 Å². The van der Waals surface area contributed by atoms with Crippen molar-refractivity contribution in [1.82, 2.24) is 0 Å². The van der Waals surface area contributed by atoms with Crippen LogP contribution in [0.2, 0.25) is 0 Å². The summed E-state index contributed by atoms with van der Waals surface area (Å²) >= 11 is 0. The molecular weight excluding hydrogens is 244 g/mol. The molecule has 1 N–H and O–H groups in total. The minimum atomic E-state index is -3.28. The average Bonchev–Trinajstić information content (AvgIpc) is 2.62. The fourth-order valence-electron chi connectivity index (χ4n) is 1.36. The van der Waals surface area contributed by atoms with Gasteiger partial charge in [-0.1, -0.05) is 13.8 Å². The fourth-order valence-corrected chi connectivity index (χ4v) is 3.04. The van der Waals surface area contributed by atoms with Crippen LogP contribution in [0.15, 0.2) is 16.7 Å². The fraction of sp³-hybridized carbons (Fsp3) is 0.545. The van der Waals surface area contributed by atoms with Gasteiger partial charge in [0.25, 0.3) is 0 Å². The molecule has 0 aromatic carbocycles. The highest BCUT2D eigenvalue weighted by Gasteiger charge is 2.20. The lowest BCUT2D eigenvalue weighted by atomic mass is 10.2. The Balaban J connectivity index is 2.76. The van der Waals surface area contributed by atoms with Gasteiger partial charge in [-0.15, -0.1) is 0 Å². The van der Waals surface area contributed by atoms with Crippen LogP contribution in [-0.4, -0.2) is 25.2 Å². The van der Waals surface area contributed by atoms with E-state index in [4.69, 9.17) is 9.52 Å². The van der Waals surface area contributed by atoms with Crippen LogP contribution >= 0.6 is 0 Å². The second-order valence-electron chi connectivity index (χ2n) is 4.35. The summed E-state index contributed by atoms with van der Waals surface area (Å²) in [6.07, 6.45) is 1.76. The molecule has 1 heterocycles. The van der Waals surface area contributed by atoms with E-state index in [0.717, 1.165) is 0 Å². The van der Waals surface area contributed by atoms with Gasteiger partial charge in [-0.05, 0) is 18.4 Å². The summed E-state index contributed by atoms with van der Waals surface area (Å²) in [6, 6.07) is 1.39. The van der Waals surface area contributed by atoms with Gasteiger partial charge in [0.1, 0.15) is 0 Å². The lowest BCUT2D eigenvalue weighted by molar-refractivity contribution is 0.0661. The largest absolute Gasteiger partial charge is 0.475 e. The minimum Gasteiger partial charge on any atom is -0.475 e. The summed E-state index contributed by atoms with van der Waals surface area (Å²) in [7, 11) is -3.28. The van der Waals surface area contributed by atoms with Crippen molar-refractivity contribution in [1.29, 1.82) is 0 Å². The minimum absolute atomic E-state index is 0.0644. The number of aromatic carboxylic acids is 1. The van der Waals surface area contributed by atoms with Crippen LogP contribution in [-0.2, 0) is 15.6 Å². The van der Waals surface area contributed by atoms with Crippen LogP contribution in [0.4, 0.5) is 0 Å². The maximum Gasteiger partial charge on any atom is 0.372 e. The number of carbonyl (C=O) groups is 1. The number of hydrogen-bond donors (Lipinski definition) is 1. The highest BCUT2D eigenvalue weighted by Crippen LogP contribution is 2.16. The second kappa shape index (κ2) is 5.35. The molecule has 0 radical (unpaired) electrons. The van der Waals surface area contributed by atoms with Crippen molar-refractivity contribution in [3.63, 3.8) is 0 Å². The SMILES string of the molecule is CC(C)CCS(=O)(=O)Cc1ccoc1C(=O)O. The van der Waals surface area contributed by atoms with Gasteiger partial charge in [0.2, 0.25) is 5.76 Å². The van der Waals surface area contributed by atoms with E-state index in [1.165, 1.54) is 12.3 Å². The molecule has 0 saturated heterocycles. The standard InChI is InChI=1S/C11H16O5S/c1-8(2)4-6-17(14,15)7-9-3-5-16-10(9)11(12)13/h3,5,8H,4,6-7H2,1-2H3,(H,12,13). The van der Waals surface area contributed by atoms with E-state index >= 15 is 0 Å². The van der Waals surface area contributed by atoms with E-state index < -0.39 is 15.8 Å². The highest BCUT2D eigenvalue weighted by molar-refractivity contribution is 7.90. The van der Waals surface area contributed by atoms with Crippen LogP contribution in [0.5, 0.6) is 0 Å². The first-order chi connectivity index (χ1) is 7.82. The van der Waals surface area contributed by atoms with Crippen LogP contribution < -0.4 is 0 Å². The van der Waals surface area contributed by atoms with Crippen LogP contribution in [0.3, 0.4) is 0 Å². The third-order valence-electron chi connectivity index (χ3n) is 2.32. The third kappa shape index (κ3) is 4.22. The van der Waals surface area contributed by atoms with Gasteiger partial charge in [0.15, 0.2) is 9.84 Å². The molecule has 0 saturated carbocycles. The molecule has 0 spiro atoms. The molecule has 5 nitrogen and oxygen atoms in total. The monoisotopic (exact) mass is 260 g/mol. The van der Waals surface area contributed by atoms with Gasteiger partial charge in [0.05, 0.1) is 17.8 Å². The van der Waals surface area contributed by atoms with Crippen LogP contribution in [0.25, 0.3) is 0 Å². The van der Waals surface area contributed by atoms with E-state index in [0.29, 0.717) is 12.3 Å². The Morgan fingerprint density at radius 3 is 2.65 bits per heavy atom. The van der Waals surface area contributed by atoms with Crippen molar-refractivity contribution >= 4 is 15.8 Å². The smallest absolute Gasteiger partial charge is 0.372 e. The highest BCUT2D eigenvalue weighted by atomic mass is 32.2. The predicted octanol–water partition coefficient (Wildman–Crippen LogP) is 1.94. The molecule has 96 valence electrons. The Morgan fingerprint density at radius 1 is 1.47 bits per heavy atom. The zero-order valence-corrected chi connectivity index (χ0v) is 10.7. The number of furan rings is 1. The summed E-state index contributed by atoms with van der Waals surface area (Å²) in [6.45, 7) is 3.88. The second-order valence-corrected chi connectivity index (χ2v) is 6.54. The Labute approximate surface area is 100 Å². The molecule has 1 rings (SSSR count). The van der Waals surface area contributed by atoms with Crippen molar-refractivity contribution in [2.45, 2.75) is 26.0 Å². The van der Waals surface area contributed by atoms with Gasteiger partial charge in [0, 0.05) is 5.56 Å². The molecule has 6 heteroatoms. The van der Waals surface area contributed by atoms with Gasteiger partial charge < -0.3 is 9.52 Å². The molecule has 0 aliphatic carbocycles. The molecule has 0 bridgehead atoms. The summed E-state index contributed by atoms with van der Waals surface area (Å²) in [5.74, 6) is -1.46. The van der Waals surface area contributed by atoms with Gasteiger partial charge in [-0.25, -0.2) is 13.2 Å². The van der Waals surface area contributed by atoms with Gasteiger partial charge >= 0.3 is 5.97 Å². The first-order valence-electron chi connectivity index (χ1n) is 5.32. The Hall–Kier alpha value is -1.30. The Morgan fingerprint density at radius 2 is 2.12 bits per heavy atom. The summed E-state index contributed by atoms with van der Waals surface area (Å²) in [5, 5.41) is 8.78. The van der Waals surface area contributed by atoms with Crippen molar-refractivity contribution < 1.29 is 22.7 Å². The number of sulfone groups is 1. The number of carboxylic acid groups (broad SMARTS) is 1. The van der Waals surface area contributed by atoms with E-state index in [1.807, 2.05) is 13.8 Å². The molecular formula is C11H16O5S. The molecule has 0 atom stereocenters. The number of hydrogen-bond acceptors (Lipinski definition) is 4. The lowest BCUT2D eigenvalue weighted by Gasteiger charge is -2.05. The van der Waals surface area contributed by atoms with E-state index in [1.54, 1.807) is 0 Å². The molecule has 0 aliphatic rings. The summed E-state index contributed by atoms with van der Waals surface area (Å²) < 4.78 is 28.2. The number of carboxylic acids is 1. The van der Waals surface area contributed by atoms with E-state index in [9.17, 15) is 13.2 Å². The van der Waals surface area contributed by atoms with Gasteiger partial charge in [-0.3, -0.25) is 0 Å².